The van der Waals surface area contributed by atoms with Gasteiger partial charge in [0, 0.05) is 55.2 Å². The normalized spacial score (nSPS) is 15.8. The van der Waals surface area contributed by atoms with Gasteiger partial charge in [0.2, 0.25) is 10.0 Å². The average Bonchev–Trinajstić information content (AvgIpc) is 3.07. The van der Waals surface area contributed by atoms with Crippen LogP contribution in [-0.2, 0) is 10.0 Å². The molecule has 0 atom stereocenters. The van der Waals surface area contributed by atoms with Crippen LogP contribution in [-0.4, -0.2) is 74.9 Å². The van der Waals surface area contributed by atoms with Crippen molar-refractivity contribution < 1.29 is 22.7 Å². The molecule has 0 radical (unpaired) electrons. The van der Waals surface area contributed by atoms with Crippen molar-refractivity contribution in [2.75, 3.05) is 46.9 Å². The molecule has 9 heteroatoms. The van der Waals surface area contributed by atoms with Crippen molar-refractivity contribution >= 4 is 15.8 Å². The molecule has 2 aromatic rings. The highest BCUT2D eigenvalue weighted by atomic mass is 32.2. The van der Waals surface area contributed by atoms with Crippen LogP contribution in [0.1, 0.15) is 41.6 Å². The first-order valence-corrected chi connectivity index (χ1v) is 12.2. The summed E-state index contributed by atoms with van der Waals surface area (Å²) in [6, 6.07) is 6.98. The zero-order valence-electron chi connectivity index (χ0n) is 19.7. The number of carbonyl (C=O) groups is 1. The molecule has 0 aliphatic carbocycles. The van der Waals surface area contributed by atoms with Gasteiger partial charge in [-0.15, -0.1) is 0 Å². The molecule has 0 bridgehead atoms. The number of benzene rings is 1. The third-order valence-corrected chi connectivity index (χ3v) is 7.91. The number of hydrogen-bond donors (Lipinski definition) is 0. The molecule has 3 rings (SSSR count). The summed E-state index contributed by atoms with van der Waals surface area (Å²) < 4.78 is 40.5. The van der Waals surface area contributed by atoms with Crippen molar-refractivity contribution in [2.45, 2.75) is 38.6 Å². The van der Waals surface area contributed by atoms with E-state index in [4.69, 9.17) is 9.47 Å². The van der Waals surface area contributed by atoms with E-state index in [9.17, 15) is 13.2 Å². The molecule has 32 heavy (non-hydrogen) atoms. The van der Waals surface area contributed by atoms with Gasteiger partial charge in [-0.25, -0.2) is 8.42 Å². The van der Waals surface area contributed by atoms with Crippen LogP contribution in [0.25, 0.3) is 0 Å². The lowest BCUT2D eigenvalue weighted by Crippen LogP contribution is -2.49. The van der Waals surface area contributed by atoms with Crippen molar-refractivity contribution in [2.24, 2.45) is 0 Å². The number of sulfonamides is 1. The fourth-order valence-electron chi connectivity index (χ4n) is 4.39. The van der Waals surface area contributed by atoms with Gasteiger partial charge in [-0.05, 0) is 45.9 Å². The monoisotopic (exact) mass is 463 g/mol. The molecule has 1 aliphatic heterocycles. The fraction of sp³-hybridized carbons (Fsp3) is 0.522. The Morgan fingerprint density at radius 2 is 1.69 bits per heavy atom. The molecule has 1 saturated heterocycles. The lowest BCUT2D eigenvalue weighted by molar-refractivity contribution is 0.0901. The van der Waals surface area contributed by atoms with E-state index < -0.39 is 10.0 Å². The topological polar surface area (TPSA) is 81.1 Å². The SMILES string of the molecule is COc1ccc(OC)c(S(=O)(=O)N2CCN(CC(=O)c3cc(C)n(C(C)C)c3C)CC2)c1. The van der Waals surface area contributed by atoms with E-state index in [2.05, 4.69) is 18.4 Å². The molecule has 0 saturated carbocycles. The summed E-state index contributed by atoms with van der Waals surface area (Å²) >= 11 is 0. The number of ether oxygens (including phenoxy) is 2. The van der Waals surface area contributed by atoms with Crippen molar-refractivity contribution in [3.63, 3.8) is 0 Å². The van der Waals surface area contributed by atoms with Gasteiger partial charge in [0.15, 0.2) is 5.78 Å². The van der Waals surface area contributed by atoms with Gasteiger partial charge in [-0.2, -0.15) is 4.31 Å². The first-order chi connectivity index (χ1) is 15.1. The van der Waals surface area contributed by atoms with E-state index in [0.717, 1.165) is 17.0 Å². The molecule has 1 aromatic heterocycles. The Morgan fingerprint density at radius 1 is 1.03 bits per heavy atom. The minimum Gasteiger partial charge on any atom is -0.497 e. The van der Waals surface area contributed by atoms with Crippen LogP contribution < -0.4 is 9.47 Å². The number of Topliss-reactive ketones (excluding diaryl/α,β-unsaturated/α-hetero) is 1. The smallest absolute Gasteiger partial charge is 0.246 e. The zero-order valence-corrected chi connectivity index (χ0v) is 20.5. The Balaban J connectivity index is 1.69. The molecule has 0 amide bonds. The quantitative estimate of drug-likeness (QED) is 0.560. The number of nitrogens with zero attached hydrogens (tertiary/aromatic N) is 3. The molecule has 176 valence electrons. The lowest BCUT2D eigenvalue weighted by atomic mass is 10.1. The van der Waals surface area contributed by atoms with E-state index in [0.29, 0.717) is 38.0 Å². The number of carbonyl (C=O) groups excluding carboxylic acids is 1. The standard InChI is InChI=1S/C23H33N3O5S/c1-16(2)26-17(3)13-20(18(26)4)21(27)15-24-9-11-25(12-10-24)32(28,29)23-14-19(30-5)7-8-22(23)31-6/h7-8,13-14,16H,9-12,15H2,1-6H3. The van der Waals surface area contributed by atoms with Gasteiger partial charge in [-0.3, -0.25) is 9.69 Å². The summed E-state index contributed by atoms with van der Waals surface area (Å²) in [4.78, 5) is 15.1. The Labute approximate surface area is 190 Å². The van der Waals surface area contributed by atoms with Crippen LogP contribution >= 0.6 is 0 Å². The van der Waals surface area contributed by atoms with Crippen molar-refractivity contribution in [3.05, 3.63) is 41.2 Å². The molecule has 1 fully saturated rings. The summed E-state index contributed by atoms with van der Waals surface area (Å²) in [6.45, 7) is 10.1. The van der Waals surface area contributed by atoms with Crippen molar-refractivity contribution in [3.8, 4) is 11.5 Å². The third-order valence-electron chi connectivity index (χ3n) is 5.99. The number of methoxy groups -OCH3 is 2. The number of piperazine rings is 1. The van der Waals surface area contributed by atoms with E-state index in [-0.39, 0.29) is 23.0 Å². The first kappa shape index (κ1) is 24.3. The Bertz CT molecular complexity index is 1080. The number of ketones is 1. The summed E-state index contributed by atoms with van der Waals surface area (Å²) in [5, 5.41) is 0. The third kappa shape index (κ3) is 4.69. The van der Waals surface area contributed by atoms with E-state index in [1.807, 2.05) is 24.8 Å². The van der Waals surface area contributed by atoms with Gasteiger partial charge in [0.1, 0.15) is 16.4 Å². The summed E-state index contributed by atoms with van der Waals surface area (Å²) in [7, 11) is -0.809. The molecule has 1 aromatic carbocycles. The van der Waals surface area contributed by atoms with Gasteiger partial charge < -0.3 is 14.0 Å². The zero-order chi connectivity index (χ0) is 23.6. The van der Waals surface area contributed by atoms with Crippen molar-refractivity contribution in [1.29, 1.82) is 0 Å². The van der Waals surface area contributed by atoms with Crippen LogP contribution in [0.4, 0.5) is 0 Å². The first-order valence-electron chi connectivity index (χ1n) is 10.8. The van der Waals surface area contributed by atoms with Gasteiger partial charge in [0.25, 0.3) is 0 Å². The minimum atomic E-state index is -3.75. The minimum absolute atomic E-state index is 0.0655. The Kier molecular flexibility index (Phi) is 7.32. The van der Waals surface area contributed by atoms with Crippen LogP contribution in [0.2, 0.25) is 0 Å². The summed E-state index contributed by atoms with van der Waals surface area (Å²) in [5.74, 6) is 0.798. The largest absolute Gasteiger partial charge is 0.497 e. The molecule has 2 heterocycles. The summed E-state index contributed by atoms with van der Waals surface area (Å²) in [6.07, 6.45) is 0. The summed E-state index contributed by atoms with van der Waals surface area (Å²) in [5.41, 5.74) is 2.80. The second kappa shape index (κ2) is 9.64. The second-order valence-corrected chi connectivity index (χ2v) is 10.3. The Morgan fingerprint density at radius 3 is 2.22 bits per heavy atom. The van der Waals surface area contributed by atoms with Gasteiger partial charge in [-0.1, -0.05) is 0 Å². The predicted octanol–water partition coefficient (Wildman–Crippen LogP) is 2.89. The highest BCUT2D eigenvalue weighted by Crippen LogP contribution is 2.31. The maximum absolute atomic E-state index is 13.2. The second-order valence-electron chi connectivity index (χ2n) is 8.37. The number of rotatable bonds is 8. The van der Waals surface area contributed by atoms with Crippen LogP contribution in [0, 0.1) is 13.8 Å². The maximum atomic E-state index is 13.2. The molecule has 0 unspecified atom stereocenters. The van der Waals surface area contributed by atoms with Crippen LogP contribution in [0.15, 0.2) is 29.2 Å². The van der Waals surface area contributed by atoms with E-state index >= 15 is 0 Å². The highest BCUT2D eigenvalue weighted by Gasteiger charge is 2.32. The highest BCUT2D eigenvalue weighted by molar-refractivity contribution is 7.89. The molecule has 8 nitrogen and oxygen atoms in total. The van der Waals surface area contributed by atoms with Gasteiger partial charge >= 0.3 is 0 Å². The molecule has 0 N–H and O–H groups in total. The lowest BCUT2D eigenvalue weighted by Gasteiger charge is -2.33. The average molecular weight is 464 g/mol. The number of hydrogen-bond acceptors (Lipinski definition) is 6. The fourth-order valence-corrected chi connectivity index (χ4v) is 5.99. The molecule has 1 aliphatic rings. The van der Waals surface area contributed by atoms with Crippen molar-refractivity contribution in [1.82, 2.24) is 13.8 Å². The predicted molar refractivity (Wildman–Crippen MR) is 123 cm³/mol. The van der Waals surface area contributed by atoms with E-state index in [1.54, 1.807) is 12.1 Å². The number of aryl methyl sites for hydroxylation is 1. The Hall–Kier alpha value is -2.36. The van der Waals surface area contributed by atoms with Crippen LogP contribution in [0.5, 0.6) is 11.5 Å². The molecule has 0 spiro atoms. The van der Waals surface area contributed by atoms with Gasteiger partial charge in [0.05, 0.1) is 20.8 Å². The molecular weight excluding hydrogens is 430 g/mol. The molecular formula is C23H33N3O5S. The van der Waals surface area contributed by atoms with E-state index in [1.165, 1.54) is 24.6 Å². The number of aromatic nitrogens is 1. The maximum Gasteiger partial charge on any atom is 0.246 e. The van der Waals surface area contributed by atoms with Crippen LogP contribution in [0.3, 0.4) is 0 Å².